The van der Waals surface area contributed by atoms with E-state index in [2.05, 4.69) is 10.7 Å². The van der Waals surface area contributed by atoms with E-state index in [1.165, 1.54) is 13.0 Å². The Kier molecular flexibility index (Phi) is 8.81. The number of hydrogen-bond acceptors (Lipinski definition) is 7. The maximum Gasteiger partial charge on any atom is 0.490 e. The van der Waals surface area contributed by atoms with Crippen LogP contribution in [0.2, 0.25) is 0 Å². The van der Waals surface area contributed by atoms with Gasteiger partial charge in [0.25, 0.3) is 5.91 Å². The molecule has 2 aliphatic heterocycles. The minimum Gasteiger partial charge on any atom is -0.475 e. The van der Waals surface area contributed by atoms with Crippen LogP contribution >= 0.6 is 0 Å². The number of carbonyl (C=O) groups excluding carboxylic acids is 2. The number of hydrazine groups is 1. The summed E-state index contributed by atoms with van der Waals surface area (Å²) in [7, 11) is 0. The maximum absolute atomic E-state index is 12.6. The van der Waals surface area contributed by atoms with Gasteiger partial charge in [-0.1, -0.05) is 0 Å². The monoisotopic (exact) mass is 454 g/mol. The molecule has 14 heteroatoms. The zero-order chi connectivity index (χ0) is 24.1. The maximum atomic E-state index is 12.6. The molecule has 0 saturated carbocycles. The smallest absolute Gasteiger partial charge is 0.475 e. The van der Waals surface area contributed by atoms with Gasteiger partial charge in [0, 0.05) is 19.0 Å². The topological polar surface area (TPSA) is 171 Å². The first-order valence-corrected chi connectivity index (χ1v) is 9.18. The Balaban J connectivity index is 0.000000592. The normalized spacial score (nSPS) is 28.4. The molecule has 2 heterocycles. The molecule has 31 heavy (non-hydrogen) atoms. The Hall–Kier alpha value is -2.87. The van der Waals surface area contributed by atoms with E-state index in [0.29, 0.717) is 0 Å². The summed E-state index contributed by atoms with van der Waals surface area (Å²) < 4.78 is 37.0. The number of ether oxygens (including phenoxy) is 1. The SMILES string of the molecule is CC(=O)N[C@@H]1[C@@H](N)C=C(C(=O)O)O[C@H]1C(=O)NN1C(C)CCC1C.O=C(O)C(F)(F)F. The van der Waals surface area contributed by atoms with E-state index in [1.54, 1.807) is 0 Å². The van der Waals surface area contributed by atoms with Crippen LogP contribution in [0.25, 0.3) is 0 Å². The van der Waals surface area contributed by atoms with E-state index >= 15 is 0 Å². The van der Waals surface area contributed by atoms with Gasteiger partial charge >= 0.3 is 18.1 Å². The summed E-state index contributed by atoms with van der Waals surface area (Å²) in [6, 6.07) is -1.37. The van der Waals surface area contributed by atoms with Crippen molar-refractivity contribution < 1.29 is 47.3 Å². The number of aliphatic carboxylic acids is 2. The molecule has 0 radical (unpaired) electrons. The molecule has 0 spiro atoms. The van der Waals surface area contributed by atoms with Crippen LogP contribution in [-0.2, 0) is 23.9 Å². The van der Waals surface area contributed by atoms with Gasteiger partial charge in [-0.05, 0) is 32.8 Å². The molecular formula is C17H25F3N4O7. The lowest BCUT2D eigenvalue weighted by Gasteiger charge is -2.36. The molecule has 5 atom stereocenters. The predicted octanol–water partition coefficient (Wildman–Crippen LogP) is -0.277. The number of alkyl halides is 3. The molecule has 0 aromatic rings. The number of nitrogens with one attached hydrogen (secondary N) is 2. The van der Waals surface area contributed by atoms with Gasteiger partial charge in [-0.2, -0.15) is 13.2 Å². The van der Waals surface area contributed by atoms with Gasteiger partial charge in [-0.25, -0.2) is 14.6 Å². The fourth-order valence-corrected chi connectivity index (χ4v) is 3.08. The lowest BCUT2D eigenvalue weighted by molar-refractivity contribution is -0.192. The summed E-state index contributed by atoms with van der Waals surface area (Å²) in [5.74, 6) is -5.38. The van der Waals surface area contributed by atoms with Gasteiger partial charge in [-0.15, -0.1) is 0 Å². The Labute approximate surface area is 175 Å². The van der Waals surface area contributed by atoms with Gasteiger partial charge in [0.2, 0.25) is 17.8 Å². The fraction of sp³-hybridized carbons (Fsp3) is 0.647. The molecule has 0 aromatic heterocycles. The average Bonchev–Trinajstić information content (AvgIpc) is 2.94. The van der Waals surface area contributed by atoms with Gasteiger partial charge in [-0.3, -0.25) is 15.0 Å². The second-order valence-corrected chi connectivity index (χ2v) is 7.14. The van der Waals surface area contributed by atoms with E-state index in [4.69, 9.17) is 25.5 Å². The van der Waals surface area contributed by atoms with Crippen LogP contribution in [0.1, 0.15) is 33.6 Å². The molecule has 2 unspecified atom stereocenters. The van der Waals surface area contributed by atoms with Crippen LogP contribution < -0.4 is 16.5 Å². The quantitative estimate of drug-likeness (QED) is 0.383. The highest BCUT2D eigenvalue weighted by Crippen LogP contribution is 2.23. The van der Waals surface area contributed by atoms with E-state index in [1.807, 2.05) is 18.9 Å². The molecule has 0 aliphatic carbocycles. The van der Waals surface area contributed by atoms with Crippen molar-refractivity contribution in [3.8, 4) is 0 Å². The van der Waals surface area contributed by atoms with Crippen molar-refractivity contribution in [2.24, 2.45) is 5.73 Å². The summed E-state index contributed by atoms with van der Waals surface area (Å²) in [5.41, 5.74) is 8.69. The zero-order valence-electron chi connectivity index (χ0n) is 17.0. The van der Waals surface area contributed by atoms with E-state index in [9.17, 15) is 27.6 Å². The molecule has 11 nitrogen and oxygen atoms in total. The first-order chi connectivity index (χ1) is 14.1. The third-order valence-corrected chi connectivity index (χ3v) is 4.61. The summed E-state index contributed by atoms with van der Waals surface area (Å²) >= 11 is 0. The Bertz CT molecular complexity index is 734. The van der Waals surface area contributed by atoms with Crippen LogP contribution in [0.15, 0.2) is 11.8 Å². The number of rotatable bonds is 4. The number of nitrogens with two attached hydrogens (primary N) is 1. The number of carboxylic acids is 2. The number of carbonyl (C=O) groups is 4. The number of carboxylic acid groups (broad SMARTS) is 2. The van der Waals surface area contributed by atoms with Crippen molar-refractivity contribution in [1.29, 1.82) is 0 Å². The molecule has 176 valence electrons. The molecule has 1 fully saturated rings. The third kappa shape index (κ3) is 7.40. The molecule has 2 amide bonds. The lowest BCUT2D eigenvalue weighted by Crippen LogP contribution is -2.63. The third-order valence-electron chi connectivity index (χ3n) is 4.61. The molecule has 1 saturated heterocycles. The van der Waals surface area contributed by atoms with Gasteiger partial charge in [0.15, 0.2) is 0 Å². The molecule has 2 rings (SSSR count). The second kappa shape index (κ2) is 10.4. The van der Waals surface area contributed by atoms with Crippen molar-refractivity contribution in [2.75, 3.05) is 0 Å². The van der Waals surface area contributed by atoms with Crippen LogP contribution in [0.4, 0.5) is 13.2 Å². The standard InChI is InChI=1S/C15H24N4O5.C2HF3O2/c1-7-4-5-8(2)19(7)18-14(21)13-12(17-9(3)20)10(16)6-11(24-13)15(22)23;3-2(4,5)1(6)7/h6-8,10,12-13H,4-5,16H2,1-3H3,(H,17,20)(H,18,21)(H,22,23);(H,6,7)/t7?,8?,10-,12+,13+;/m0./s1. The Morgan fingerprint density at radius 1 is 1.16 bits per heavy atom. The van der Waals surface area contributed by atoms with Gasteiger partial charge in [0.05, 0.1) is 12.1 Å². The summed E-state index contributed by atoms with van der Waals surface area (Å²) in [6.45, 7) is 5.28. The number of nitrogens with zero attached hydrogens (tertiary/aromatic N) is 1. The second-order valence-electron chi connectivity index (χ2n) is 7.14. The Morgan fingerprint density at radius 2 is 1.65 bits per heavy atom. The van der Waals surface area contributed by atoms with Gasteiger partial charge < -0.3 is 26.0 Å². The van der Waals surface area contributed by atoms with Crippen LogP contribution in [0, 0.1) is 0 Å². The van der Waals surface area contributed by atoms with Crippen LogP contribution in [0.3, 0.4) is 0 Å². The molecule has 0 aromatic carbocycles. The summed E-state index contributed by atoms with van der Waals surface area (Å²) in [6.07, 6.45) is -3.22. The van der Waals surface area contributed by atoms with Gasteiger partial charge in [0.1, 0.15) is 0 Å². The largest absolute Gasteiger partial charge is 0.490 e. The first kappa shape index (κ1) is 26.2. The van der Waals surface area contributed by atoms with E-state index < -0.39 is 48.0 Å². The number of hydrogen-bond donors (Lipinski definition) is 5. The molecular weight excluding hydrogens is 429 g/mol. The number of amides is 2. The highest BCUT2D eigenvalue weighted by Gasteiger charge is 2.42. The number of halogens is 3. The highest BCUT2D eigenvalue weighted by atomic mass is 19.4. The van der Waals surface area contributed by atoms with Crippen LogP contribution in [-0.4, -0.2) is 75.4 Å². The average molecular weight is 454 g/mol. The van der Waals surface area contributed by atoms with Crippen molar-refractivity contribution in [3.63, 3.8) is 0 Å². The fourth-order valence-electron chi connectivity index (χ4n) is 3.08. The van der Waals surface area contributed by atoms with Crippen LogP contribution in [0.5, 0.6) is 0 Å². The van der Waals surface area contributed by atoms with Crippen molar-refractivity contribution >= 4 is 23.8 Å². The van der Waals surface area contributed by atoms with E-state index in [0.717, 1.165) is 12.8 Å². The molecule has 2 aliphatic rings. The van der Waals surface area contributed by atoms with Crippen molar-refractivity contribution in [1.82, 2.24) is 15.8 Å². The van der Waals surface area contributed by atoms with Crippen molar-refractivity contribution in [3.05, 3.63) is 11.8 Å². The highest BCUT2D eigenvalue weighted by molar-refractivity contribution is 5.88. The minimum atomic E-state index is -5.08. The summed E-state index contributed by atoms with van der Waals surface area (Å²) in [5, 5.41) is 20.6. The summed E-state index contributed by atoms with van der Waals surface area (Å²) in [4.78, 5) is 44.1. The lowest BCUT2D eigenvalue weighted by atomic mass is 9.98. The minimum absolute atomic E-state index is 0.162. The zero-order valence-corrected chi connectivity index (χ0v) is 17.0. The first-order valence-electron chi connectivity index (χ1n) is 9.18. The molecule has 6 N–H and O–H groups in total. The van der Waals surface area contributed by atoms with E-state index in [-0.39, 0.29) is 18.0 Å². The molecule has 0 bridgehead atoms. The Morgan fingerprint density at radius 3 is 2.03 bits per heavy atom. The predicted molar refractivity (Wildman–Crippen MR) is 98.0 cm³/mol. The van der Waals surface area contributed by atoms with Crippen molar-refractivity contribution in [2.45, 2.75) is 70.1 Å².